The van der Waals surface area contributed by atoms with Crippen LogP contribution in [0.4, 0.5) is 0 Å². The van der Waals surface area contributed by atoms with E-state index in [-0.39, 0.29) is 21.6 Å². The summed E-state index contributed by atoms with van der Waals surface area (Å²) in [7, 11) is 2.83. The third kappa shape index (κ3) is 6.56. The molecule has 2 nitrogen and oxygen atoms in total. The van der Waals surface area contributed by atoms with Crippen molar-refractivity contribution < 1.29 is 0 Å². The Hall–Kier alpha value is 0.350. The predicted octanol–water partition coefficient (Wildman–Crippen LogP) is 4.13. The first kappa shape index (κ1) is 19.4. The Balaban J connectivity index is 5.01. The average Bonchev–Trinajstić information content (AvgIpc) is 2.11. The van der Waals surface area contributed by atoms with Gasteiger partial charge in [-0.15, -0.1) is 9.24 Å². The first-order chi connectivity index (χ1) is 8.13. The van der Waals surface area contributed by atoms with E-state index in [2.05, 4.69) is 64.6 Å². The normalized spacial score (nSPS) is 19.1. The van der Waals surface area contributed by atoms with Crippen molar-refractivity contribution in [3.05, 3.63) is 0 Å². The molecule has 0 saturated heterocycles. The number of hydrogen-bond acceptors (Lipinski definition) is 2. The van der Waals surface area contributed by atoms with Crippen LogP contribution in [0.3, 0.4) is 0 Å². The van der Waals surface area contributed by atoms with Gasteiger partial charge in [-0.3, -0.25) is 0 Å². The molecule has 0 rings (SSSR count). The Morgan fingerprint density at radius 2 is 1.26 bits per heavy atom. The zero-order chi connectivity index (χ0) is 15.7. The van der Waals surface area contributed by atoms with Crippen molar-refractivity contribution >= 4 is 9.24 Å². The molecule has 116 valence electrons. The van der Waals surface area contributed by atoms with Crippen LogP contribution in [0.1, 0.15) is 74.7 Å². The molecule has 0 fully saturated rings. The lowest BCUT2D eigenvalue weighted by Gasteiger charge is -2.47. The average molecular weight is 288 g/mol. The van der Waals surface area contributed by atoms with Crippen molar-refractivity contribution in [3.8, 4) is 0 Å². The quantitative estimate of drug-likeness (QED) is 0.692. The largest absolute Gasteiger partial charge is 0.326 e. The van der Waals surface area contributed by atoms with Gasteiger partial charge in [-0.25, -0.2) is 0 Å². The summed E-state index contributed by atoms with van der Waals surface area (Å²) in [6.07, 6.45) is 3.01. The molecule has 0 radical (unpaired) electrons. The third-order valence-electron chi connectivity index (χ3n) is 4.70. The zero-order valence-corrected chi connectivity index (χ0v) is 15.6. The van der Waals surface area contributed by atoms with Crippen molar-refractivity contribution in [2.24, 2.45) is 28.2 Å². The monoisotopic (exact) mass is 288 g/mol. The van der Waals surface area contributed by atoms with Gasteiger partial charge in [0.1, 0.15) is 0 Å². The summed E-state index contributed by atoms with van der Waals surface area (Å²) in [5.74, 6) is 0.554. The smallest absolute Gasteiger partial charge is 0.0300 e. The van der Waals surface area contributed by atoms with Crippen LogP contribution in [0.25, 0.3) is 0 Å². The standard InChI is InChI=1S/C16H37N2P/c1-9-16(18,19)11-14(5,6)12(2)13(3,4)10-15(7,8)17/h12H,9-11,17-19H2,1-8H3. The molecule has 3 heteroatoms. The lowest BCUT2D eigenvalue weighted by atomic mass is 9.60. The molecule has 3 atom stereocenters. The second-order valence-electron chi connectivity index (χ2n) is 8.63. The van der Waals surface area contributed by atoms with Crippen molar-refractivity contribution in [3.63, 3.8) is 0 Å². The van der Waals surface area contributed by atoms with E-state index in [1.54, 1.807) is 0 Å². The maximum atomic E-state index is 6.35. The molecule has 0 amide bonds. The Morgan fingerprint density at radius 3 is 1.58 bits per heavy atom. The van der Waals surface area contributed by atoms with Crippen LogP contribution < -0.4 is 11.5 Å². The topological polar surface area (TPSA) is 52.0 Å². The lowest BCUT2D eigenvalue weighted by molar-refractivity contribution is 0.0497. The molecule has 0 spiro atoms. The second kappa shape index (κ2) is 6.00. The van der Waals surface area contributed by atoms with Crippen molar-refractivity contribution in [2.45, 2.75) is 85.5 Å². The van der Waals surface area contributed by atoms with E-state index in [1.807, 2.05) is 0 Å². The van der Waals surface area contributed by atoms with Gasteiger partial charge in [-0.05, 0) is 49.9 Å². The SMILES string of the molecule is CCC(N)(P)CC(C)(C)C(C)C(C)(C)CC(C)(C)N. The van der Waals surface area contributed by atoms with E-state index in [1.165, 1.54) is 0 Å². The van der Waals surface area contributed by atoms with Crippen molar-refractivity contribution in [1.29, 1.82) is 0 Å². The van der Waals surface area contributed by atoms with E-state index in [9.17, 15) is 0 Å². The van der Waals surface area contributed by atoms with Crippen LogP contribution >= 0.6 is 9.24 Å². The highest BCUT2D eigenvalue weighted by Crippen LogP contribution is 2.48. The molecule has 0 aliphatic heterocycles. The highest BCUT2D eigenvalue weighted by atomic mass is 31.0. The molecular formula is C16H37N2P. The van der Waals surface area contributed by atoms with Crippen LogP contribution in [0.2, 0.25) is 0 Å². The van der Waals surface area contributed by atoms with Crippen molar-refractivity contribution in [2.75, 3.05) is 0 Å². The van der Waals surface area contributed by atoms with E-state index < -0.39 is 0 Å². The highest BCUT2D eigenvalue weighted by molar-refractivity contribution is 7.18. The summed E-state index contributed by atoms with van der Waals surface area (Å²) in [5.41, 5.74) is 12.9. The van der Waals surface area contributed by atoms with Crippen LogP contribution in [0.15, 0.2) is 0 Å². The summed E-state index contributed by atoms with van der Waals surface area (Å²) in [5, 5.41) is -0.161. The van der Waals surface area contributed by atoms with Gasteiger partial charge in [-0.2, -0.15) is 0 Å². The molecule has 19 heavy (non-hydrogen) atoms. The second-order valence-corrected chi connectivity index (χ2v) is 9.78. The predicted molar refractivity (Wildman–Crippen MR) is 91.1 cm³/mol. The zero-order valence-electron chi connectivity index (χ0n) is 14.4. The number of rotatable bonds is 7. The van der Waals surface area contributed by atoms with E-state index in [0.29, 0.717) is 5.92 Å². The van der Waals surface area contributed by atoms with Gasteiger partial charge < -0.3 is 11.5 Å². The Morgan fingerprint density at radius 1 is 0.895 bits per heavy atom. The molecule has 0 aliphatic carbocycles. The highest BCUT2D eigenvalue weighted by Gasteiger charge is 2.41. The minimum absolute atomic E-state index is 0.126. The third-order valence-corrected chi connectivity index (χ3v) is 5.31. The van der Waals surface area contributed by atoms with Gasteiger partial charge in [0.05, 0.1) is 0 Å². The molecule has 0 aromatic rings. The first-order valence-corrected chi connectivity index (χ1v) is 8.07. The molecule has 3 unspecified atom stereocenters. The minimum Gasteiger partial charge on any atom is -0.326 e. The van der Waals surface area contributed by atoms with Gasteiger partial charge in [-0.1, -0.05) is 41.5 Å². The van der Waals surface area contributed by atoms with E-state index >= 15 is 0 Å². The van der Waals surface area contributed by atoms with Crippen molar-refractivity contribution in [1.82, 2.24) is 0 Å². The molecule has 0 aromatic heterocycles. The lowest BCUT2D eigenvalue weighted by Crippen LogP contribution is -2.46. The Kier molecular flexibility index (Phi) is 6.11. The molecule has 0 aliphatic rings. The molecule has 0 bridgehead atoms. The fraction of sp³-hybridized carbons (Fsp3) is 1.00. The fourth-order valence-corrected chi connectivity index (χ4v) is 4.04. The summed E-state index contributed by atoms with van der Waals surface area (Å²) >= 11 is 0. The van der Waals surface area contributed by atoms with Gasteiger partial charge in [0.15, 0.2) is 0 Å². The van der Waals surface area contributed by atoms with Crippen LogP contribution in [-0.2, 0) is 0 Å². The fourth-order valence-electron chi connectivity index (χ4n) is 3.51. The van der Waals surface area contributed by atoms with Crippen LogP contribution in [0, 0.1) is 16.7 Å². The molecule has 0 heterocycles. The maximum absolute atomic E-state index is 6.35. The Labute approximate surface area is 123 Å². The summed E-state index contributed by atoms with van der Waals surface area (Å²) in [6, 6.07) is 0. The van der Waals surface area contributed by atoms with E-state index in [0.717, 1.165) is 19.3 Å². The molecule has 4 N–H and O–H groups in total. The summed E-state index contributed by atoms with van der Waals surface area (Å²) < 4.78 is 0. The Bertz CT molecular complexity index is 288. The summed E-state index contributed by atoms with van der Waals surface area (Å²) in [6.45, 7) is 18.1. The van der Waals surface area contributed by atoms with Gasteiger partial charge in [0.2, 0.25) is 0 Å². The van der Waals surface area contributed by atoms with Gasteiger partial charge in [0, 0.05) is 10.8 Å². The van der Waals surface area contributed by atoms with E-state index in [4.69, 9.17) is 11.5 Å². The first-order valence-electron chi connectivity index (χ1n) is 7.50. The summed E-state index contributed by atoms with van der Waals surface area (Å²) in [4.78, 5) is 0. The number of nitrogens with two attached hydrogens (primary N) is 2. The molecule has 0 saturated carbocycles. The van der Waals surface area contributed by atoms with Gasteiger partial charge in [0.25, 0.3) is 0 Å². The number of hydrogen-bond donors (Lipinski definition) is 2. The van der Waals surface area contributed by atoms with Gasteiger partial charge >= 0.3 is 0 Å². The molecular weight excluding hydrogens is 251 g/mol. The van der Waals surface area contributed by atoms with Crippen LogP contribution in [-0.4, -0.2) is 10.8 Å². The minimum atomic E-state index is -0.161. The van der Waals surface area contributed by atoms with Crippen LogP contribution in [0.5, 0.6) is 0 Å². The maximum Gasteiger partial charge on any atom is 0.0300 e. The molecule has 0 aromatic carbocycles.